The molecule has 2 amide bonds. The van der Waals surface area contributed by atoms with E-state index in [1.54, 1.807) is 36.4 Å². The fraction of sp³-hybridized carbons (Fsp3) is 0.386. The Bertz CT molecular complexity index is 5750. The third-order valence-corrected chi connectivity index (χ3v) is 26.3. The second-order valence-electron chi connectivity index (χ2n) is 31.3. The van der Waals surface area contributed by atoms with E-state index in [2.05, 4.69) is 47.8 Å². The number of anilines is 2. The van der Waals surface area contributed by atoms with Gasteiger partial charge in [0.25, 0.3) is 56.5 Å². The number of hydrogen-bond donors (Lipinski definition) is 8. The predicted molar refractivity (Wildman–Crippen MR) is 437 cm³/mol. The highest BCUT2D eigenvalue weighted by molar-refractivity contribution is 7.86. The Morgan fingerprint density at radius 3 is 1.64 bits per heavy atom. The molecule has 0 radical (unpaired) electrons. The van der Waals surface area contributed by atoms with Crippen LogP contribution in [0, 0.1) is 0 Å². The maximum absolute atomic E-state index is 13.7. The number of carbonyl (C=O) groups excluding carboxylic acids is 2. The average molecular weight is 1640 g/mol. The number of unbranched alkanes of at least 4 members (excludes halogenated alkanes) is 4. The molecule has 0 saturated carbocycles. The first kappa shape index (κ1) is 84.8. The largest absolute Gasteiger partial charge is 0.481 e. The number of allylic oxidation sites excluding steroid dienone is 8. The number of carboxylic acids is 1. The Labute approximate surface area is 661 Å². The third kappa shape index (κ3) is 19.3. The van der Waals surface area contributed by atoms with Gasteiger partial charge in [0.15, 0.2) is 11.4 Å². The molecule has 1 atom stereocenters. The van der Waals surface area contributed by atoms with Crippen LogP contribution in [0.4, 0.5) is 22.7 Å². The van der Waals surface area contributed by atoms with Crippen LogP contribution in [0.1, 0.15) is 169 Å². The van der Waals surface area contributed by atoms with Crippen molar-refractivity contribution in [1.29, 1.82) is 0 Å². The number of nitrogens with zero attached hydrogens (tertiary/aromatic N) is 4. The molecule has 113 heavy (non-hydrogen) atoms. The maximum atomic E-state index is 13.7. The summed E-state index contributed by atoms with van der Waals surface area (Å²) in [6, 6.07) is 37.2. The average Bonchev–Trinajstić information content (AvgIpc) is 1.59. The van der Waals surface area contributed by atoms with Crippen molar-refractivity contribution >= 4 is 124 Å². The highest BCUT2D eigenvalue weighted by Crippen LogP contribution is 2.54. The molecule has 0 saturated heterocycles. The molecular formula is C83H98N6O19S5+2. The summed E-state index contributed by atoms with van der Waals surface area (Å²) in [5.41, 5.74) is 9.24. The summed E-state index contributed by atoms with van der Waals surface area (Å²) in [4.78, 5) is 42.0. The number of nitrogens with one attached hydrogen (secondary N) is 2. The second kappa shape index (κ2) is 33.4. The van der Waals surface area contributed by atoms with Gasteiger partial charge in [-0.25, -0.2) is 0 Å². The molecule has 0 fully saturated rings. The van der Waals surface area contributed by atoms with Crippen molar-refractivity contribution in [3.05, 3.63) is 214 Å². The molecule has 11 rings (SSSR count). The number of carbonyl (C=O) groups is 3. The monoisotopic (exact) mass is 1640 g/mol. The standard InChI is InChI=1S/C83H96N6O19S5/c1-80(2)65-21-12-13-22-67(65)86(45-18-48-109(94,95)96)71(80)23-17-26-74-83(7,66-53-62(113(106,107)108)37-42-68(66)87(74)46-19-49-110(97,98)99)43-14-8-10-27-75(90)84-54-56-29-32-58(33-30-56)79(93)85-55-57-31-38-63-59(51-57)34-40-70-77(63)82(5,6)73(89(70)47-20-50-111(100,101)102)25-16-24-72-81(3,4)78-64-39-36-61(112(103,104)105)52-60(64)35-41-69(78)88(72)44-15-9-11-28-76(91)92/h12-13,16-17,21-26,29-42,51-53H,8-11,14-15,18-20,27-28,43-50,54-55H2,1-7H3,(H6-2,84,85,90,91,92,93,94,95,96,97,98,99,100,101,102,103,104,105,106,107,108)/p+2. The molecule has 602 valence electrons. The summed E-state index contributed by atoms with van der Waals surface area (Å²) >= 11 is 0. The van der Waals surface area contributed by atoms with Crippen molar-refractivity contribution in [2.24, 2.45) is 0 Å². The van der Waals surface area contributed by atoms with Crippen LogP contribution in [0.15, 0.2) is 185 Å². The Kier molecular flexibility index (Phi) is 25.1. The summed E-state index contributed by atoms with van der Waals surface area (Å²) in [5.74, 6) is -2.83. The lowest BCUT2D eigenvalue weighted by molar-refractivity contribution is -0.437. The number of benzene rings is 7. The minimum Gasteiger partial charge on any atom is -0.481 e. The summed E-state index contributed by atoms with van der Waals surface area (Å²) in [7, 11) is -22.0. The Morgan fingerprint density at radius 1 is 0.460 bits per heavy atom. The van der Waals surface area contributed by atoms with Crippen LogP contribution >= 0.6 is 0 Å². The van der Waals surface area contributed by atoms with Crippen LogP contribution in [0.25, 0.3) is 21.5 Å². The number of aliphatic carboxylic acids is 1. The summed E-state index contributed by atoms with van der Waals surface area (Å²) in [6.45, 7) is 16.0. The van der Waals surface area contributed by atoms with Crippen molar-refractivity contribution in [1.82, 2.24) is 10.6 Å². The highest BCUT2D eigenvalue weighted by Gasteiger charge is 2.48. The van der Waals surface area contributed by atoms with Crippen molar-refractivity contribution in [3.63, 3.8) is 0 Å². The van der Waals surface area contributed by atoms with Crippen molar-refractivity contribution in [2.45, 2.75) is 170 Å². The zero-order chi connectivity index (χ0) is 82.0. The minimum atomic E-state index is -4.67. The molecule has 4 aliphatic heterocycles. The number of amides is 2. The van der Waals surface area contributed by atoms with Crippen molar-refractivity contribution < 1.29 is 93.5 Å². The first-order valence-electron chi connectivity index (χ1n) is 37.6. The lowest BCUT2D eigenvalue weighted by Gasteiger charge is -2.30. The van der Waals surface area contributed by atoms with E-state index in [0.29, 0.717) is 79.4 Å². The molecular weight excluding hydrogens is 1550 g/mol. The van der Waals surface area contributed by atoms with Crippen LogP contribution in [0.2, 0.25) is 0 Å². The lowest BCUT2D eigenvalue weighted by atomic mass is 9.77. The van der Waals surface area contributed by atoms with E-state index >= 15 is 0 Å². The van der Waals surface area contributed by atoms with Crippen LogP contribution in [-0.4, -0.2) is 152 Å². The van der Waals surface area contributed by atoms with E-state index in [4.69, 9.17) is 0 Å². The molecule has 30 heteroatoms. The molecule has 7 aromatic carbocycles. The lowest BCUT2D eigenvalue weighted by Crippen LogP contribution is -2.30. The Morgan fingerprint density at radius 2 is 0.982 bits per heavy atom. The molecule has 4 heterocycles. The van der Waals surface area contributed by atoms with Crippen LogP contribution in [0.5, 0.6) is 0 Å². The molecule has 0 bridgehead atoms. The van der Waals surface area contributed by atoms with E-state index < -0.39 is 95.5 Å². The van der Waals surface area contributed by atoms with Gasteiger partial charge in [0.05, 0.1) is 37.9 Å². The van der Waals surface area contributed by atoms with E-state index in [-0.39, 0.29) is 86.4 Å². The Balaban J connectivity index is 0.736. The first-order valence-corrected chi connectivity index (χ1v) is 45.3. The molecule has 0 aliphatic carbocycles. The molecule has 0 spiro atoms. The van der Waals surface area contributed by atoms with Crippen LogP contribution < -0.4 is 20.4 Å². The highest BCUT2D eigenvalue weighted by atomic mass is 32.2. The van der Waals surface area contributed by atoms with Gasteiger partial charge in [0.2, 0.25) is 17.3 Å². The SMILES string of the molecule is CC1(C)C(C=CC=C2N(CCCS(=O)(=O)O)c3ccc(S(=O)(=O)O)cc3C2(C)CCCCCC(=O)NCc2ccc(C(=O)NCc3ccc4c5c(ccc4c3)[N+](CCCS(=O)(=O)O)=C(/C=C/C=C3/N(CCCCCC(=O)O)c4ccc6cc(S(=O)(=O)O)ccc6c4C3(C)C)C5(C)C)cc2)=[N+](CCCS(=O)(=O)O)c2ccccc21. The quantitative estimate of drug-likeness (QED) is 0.0104. The molecule has 8 N–H and O–H groups in total. The van der Waals surface area contributed by atoms with Gasteiger partial charge in [-0.15, -0.1) is 0 Å². The van der Waals surface area contributed by atoms with Gasteiger partial charge < -0.3 is 25.5 Å². The summed E-state index contributed by atoms with van der Waals surface area (Å²) in [6.07, 6.45) is 16.0. The number of hydrogen-bond acceptors (Lipinski definition) is 15. The smallest absolute Gasteiger partial charge is 0.303 e. The normalized spacial score (nSPS) is 18.0. The molecule has 0 aromatic heterocycles. The molecule has 4 aliphatic rings. The van der Waals surface area contributed by atoms with Gasteiger partial charge in [-0.2, -0.15) is 51.2 Å². The first-order chi connectivity index (χ1) is 53.0. The van der Waals surface area contributed by atoms with Crippen LogP contribution in [-0.2, 0) is 94.9 Å². The number of fused-ring (bicyclic) bond motifs is 8. The van der Waals surface area contributed by atoms with Crippen molar-refractivity contribution in [2.75, 3.05) is 53.2 Å². The molecule has 25 nitrogen and oxygen atoms in total. The van der Waals surface area contributed by atoms with Crippen molar-refractivity contribution in [3.8, 4) is 0 Å². The van der Waals surface area contributed by atoms with Crippen LogP contribution in [0.3, 0.4) is 0 Å². The topological polar surface area (TPSA) is 380 Å². The van der Waals surface area contributed by atoms with Gasteiger partial charge in [0, 0.05) is 126 Å². The summed E-state index contributed by atoms with van der Waals surface area (Å²) < 4.78 is 175. The predicted octanol–water partition coefficient (Wildman–Crippen LogP) is 13.4. The molecule has 1 unspecified atom stereocenters. The summed E-state index contributed by atoms with van der Waals surface area (Å²) in [5, 5.41) is 18.6. The van der Waals surface area contributed by atoms with Gasteiger partial charge in [-0.05, 0) is 183 Å². The third-order valence-electron chi connectivity index (χ3n) is 22.2. The zero-order valence-electron chi connectivity index (χ0n) is 64.3. The number of rotatable bonds is 35. The fourth-order valence-electron chi connectivity index (χ4n) is 16.7. The van der Waals surface area contributed by atoms with E-state index in [1.807, 2.05) is 133 Å². The van der Waals surface area contributed by atoms with E-state index in [0.717, 1.165) is 78.2 Å². The van der Waals surface area contributed by atoms with Gasteiger partial charge >= 0.3 is 5.97 Å². The van der Waals surface area contributed by atoms with E-state index in [9.17, 15) is 84.3 Å². The number of carboxylic acid groups (broad SMARTS) is 1. The zero-order valence-corrected chi connectivity index (χ0v) is 68.3. The second-order valence-corrected chi connectivity index (χ2v) is 38.8. The molecule has 7 aromatic rings. The Hall–Kier alpha value is -9.08. The van der Waals surface area contributed by atoms with Gasteiger partial charge in [-0.1, -0.05) is 99.9 Å². The minimum absolute atomic E-state index is 0.00198. The maximum Gasteiger partial charge on any atom is 0.303 e. The van der Waals surface area contributed by atoms with Gasteiger partial charge in [-0.3, -0.25) is 37.1 Å². The number of para-hydroxylation sites is 1. The fourth-order valence-corrected chi connectivity index (χ4v) is 19.2. The van der Waals surface area contributed by atoms with E-state index in [1.165, 1.54) is 24.3 Å². The van der Waals surface area contributed by atoms with Gasteiger partial charge in [0.1, 0.15) is 13.1 Å².